The van der Waals surface area contributed by atoms with Gasteiger partial charge in [-0.05, 0) is 18.6 Å². The molecule has 1 unspecified atom stereocenters. The van der Waals surface area contributed by atoms with E-state index in [0.717, 1.165) is 0 Å². The van der Waals surface area contributed by atoms with E-state index in [9.17, 15) is 4.79 Å². The zero-order valence-electron chi connectivity index (χ0n) is 9.40. The maximum atomic E-state index is 11.2. The number of para-hydroxylation sites is 1. The van der Waals surface area contributed by atoms with Gasteiger partial charge in [0.05, 0.1) is 11.7 Å². The standard InChI is InChI=1S/C12H16N2O/c1-9(15)8-12-10-6-4-5-7-11(10)13(2)14(12)3/h4-7,12H,8H2,1-3H3. The first kappa shape index (κ1) is 10.2. The van der Waals surface area contributed by atoms with Gasteiger partial charge >= 0.3 is 0 Å². The first-order valence-electron chi connectivity index (χ1n) is 5.16. The third-order valence-electron chi connectivity index (χ3n) is 3.05. The molecular weight excluding hydrogens is 188 g/mol. The predicted octanol–water partition coefficient (Wildman–Crippen LogP) is 2.00. The van der Waals surface area contributed by atoms with E-state index < -0.39 is 0 Å². The Morgan fingerprint density at radius 3 is 2.67 bits per heavy atom. The van der Waals surface area contributed by atoms with Gasteiger partial charge in [0.15, 0.2) is 0 Å². The van der Waals surface area contributed by atoms with Crippen molar-refractivity contribution in [3.63, 3.8) is 0 Å². The summed E-state index contributed by atoms with van der Waals surface area (Å²) in [6.45, 7) is 1.65. The third kappa shape index (κ3) is 1.63. The number of hydrogen-bond acceptors (Lipinski definition) is 3. The molecule has 0 saturated carbocycles. The normalized spacial score (nSPS) is 20.5. The summed E-state index contributed by atoms with van der Waals surface area (Å²) in [6.07, 6.45) is 0.581. The van der Waals surface area contributed by atoms with Crippen molar-refractivity contribution in [2.24, 2.45) is 0 Å². The molecule has 0 amide bonds. The number of nitrogens with zero attached hydrogens (tertiary/aromatic N) is 2. The average molecular weight is 204 g/mol. The van der Waals surface area contributed by atoms with Crippen LogP contribution in [0.4, 0.5) is 5.69 Å². The van der Waals surface area contributed by atoms with Crippen molar-refractivity contribution in [1.29, 1.82) is 0 Å². The zero-order chi connectivity index (χ0) is 11.0. The van der Waals surface area contributed by atoms with Gasteiger partial charge in [0.1, 0.15) is 5.78 Å². The number of Topliss-reactive ketones (excluding diaryl/α,β-unsaturated/α-hetero) is 1. The number of carbonyl (C=O) groups is 1. The van der Waals surface area contributed by atoms with Crippen molar-refractivity contribution >= 4 is 11.5 Å². The molecule has 0 aromatic heterocycles. The quantitative estimate of drug-likeness (QED) is 0.736. The number of carbonyl (C=O) groups excluding carboxylic acids is 1. The highest BCUT2D eigenvalue weighted by molar-refractivity contribution is 5.77. The Morgan fingerprint density at radius 1 is 1.33 bits per heavy atom. The molecule has 0 N–H and O–H groups in total. The lowest BCUT2D eigenvalue weighted by atomic mass is 10.0. The number of fused-ring (bicyclic) bond motifs is 1. The van der Waals surface area contributed by atoms with Crippen LogP contribution >= 0.6 is 0 Å². The summed E-state index contributed by atoms with van der Waals surface area (Å²) in [7, 11) is 4.05. The second-order valence-corrected chi connectivity index (χ2v) is 4.08. The lowest BCUT2D eigenvalue weighted by Crippen LogP contribution is -2.33. The molecule has 1 aliphatic heterocycles. The second kappa shape index (κ2) is 3.66. The molecule has 1 aromatic carbocycles. The van der Waals surface area contributed by atoms with Crippen LogP contribution in [0.15, 0.2) is 24.3 Å². The van der Waals surface area contributed by atoms with Gasteiger partial charge in [-0.3, -0.25) is 4.79 Å². The van der Waals surface area contributed by atoms with Crippen LogP contribution in [0, 0.1) is 0 Å². The molecule has 1 aliphatic rings. The Bertz CT molecular complexity index is 389. The molecule has 1 aromatic rings. The Balaban J connectivity index is 2.37. The summed E-state index contributed by atoms with van der Waals surface area (Å²) in [5.41, 5.74) is 2.45. The molecule has 80 valence electrons. The number of hydrogen-bond donors (Lipinski definition) is 0. The largest absolute Gasteiger partial charge is 0.308 e. The predicted molar refractivity (Wildman–Crippen MR) is 60.6 cm³/mol. The van der Waals surface area contributed by atoms with E-state index in [1.165, 1.54) is 11.3 Å². The van der Waals surface area contributed by atoms with Crippen molar-refractivity contribution in [2.75, 3.05) is 19.1 Å². The Kier molecular flexibility index (Phi) is 2.49. The first-order valence-corrected chi connectivity index (χ1v) is 5.16. The van der Waals surface area contributed by atoms with E-state index in [0.29, 0.717) is 6.42 Å². The van der Waals surface area contributed by atoms with E-state index in [-0.39, 0.29) is 11.8 Å². The van der Waals surface area contributed by atoms with Crippen molar-refractivity contribution < 1.29 is 4.79 Å². The average Bonchev–Trinajstić information content (AvgIpc) is 2.44. The van der Waals surface area contributed by atoms with Crippen LogP contribution < -0.4 is 5.01 Å². The van der Waals surface area contributed by atoms with Crippen molar-refractivity contribution in [3.8, 4) is 0 Å². The number of rotatable bonds is 2. The summed E-state index contributed by atoms with van der Waals surface area (Å²) < 4.78 is 0. The molecule has 3 nitrogen and oxygen atoms in total. The van der Waals surface area contributed by atoms with Gasteiger partial charge in [-0.15, -0.1) is 0 Å². The highest BCUT2D eigenvalue weighted by Gasteiger charge is 2.31. The minimum absolute atomic E-state index is 0.198. The molecular formula is C12H16N2O. The van der Waals surface area contributed by atoms with Crippen LogP contribution in [-0.4, -0.2) is 24.9 Å². The smallest absolute Gasteiger partial charge is 0.131 e. The van der Waals surface area contributed by atoms with Gasteiger partial charge in [0, 0.05) is 20.5 Å². The summed E-state index contributed by atoms with van der Waals surface area (Å²) in [5, 5.41) is 4.22. The summed E-state index contributed by atoms with van der Waals surface area (Å²) in [4.78, 5) is 11.2. The molecule has 0 saturated heterocycles. The highest BCUT2D eigenvalue weighted by atomic mass is 16.1. The van der Waals surface area contributed by atoms with E-state index >= 15 is 0 Å². The number of anilines is 1. The SMILES string of the molecule is CC(=O)CC1c2ccccc2N(C)N1C. The van der Waals surface area contributed by atoms with E-state index in [1.54, 1.807) is 6.92 Å². The molecule has 0 fully saturated rings. The minimum atomic E-state index is 0.198. The summed E-state index contributed by atoms with van der Waals surface area (Å²) in [6, 6.07) is 8.44. The Labute approximate surface area is 90.3 Å². The molecule has 1 atom stereocenters. The fourth-order valence-electron chi connectivity index (χ4n) is 2.16. The lowest BCUT2D eigenvalue weighted by molar-refractivity contribution is -0.118. The summed E-state index contributed by atoms with van der Waals surface area (Å²) in [5.74, 6) is 0.233. The molecule has 2 rings (SSSR count). The topological polar surface area (TPSA) is 23.6 Å². The zero-order valence-corrected chi connectivity index (χ0v) is 9.40. The first-order chi connectivity index (χ1) is 7.11. The van der Waals surface area contributed by atoms with Crippen molar-refractivity contribution in [3.05, 3.63) is 29.8 Å². The number of ketones is 1. The molecule has 3 heteroatoms. The van der Waals surface area contributed by atoms with Gasteiger partial charge in [0.2, 0.25) is 0 Å². The fourth-order valence-corrected chi connectivity index (χ4v) is 2.16. The van der Waals surface area contributed by atoms with Crippen LogP contribution in [0.3, 0.4) is 0 Å². The number of hydrazine groups is 1. The van der Waals surface area contributed by atoms with E-state index in [1.807, 2.05) is 26.2 Å². The molecule has 0 radical (unpaired) electrons. The maximum absolute atomic E-state index is 11.2. The molecule has 1 heterocycles. The molecule has 0 spiro atoms. The highest BCUT2D eigenvalue weighted by Crippen LogP contribution is 2.39. The van der Waals surface area contributed by atoms with Crippen LogP contribution in [-0.2, 0) is 4.79 Å². The van der Waals surface area contributed by atoms with Crippen molar-refractivity contribution in [2.45, 2.75) is 19.4 Å². The summed E-state index contributed by atoms with van der Waals surface area (Å²) >= 11 is 0. The molecule has 15 heavy (non-hydrogen) atoms. The second-order valence-electron chi connectivity index (χ2n) is 4.08. The van der Waals surface area contributed by atoms with Crippen LogP contribution in [0.5, 0.6) is 0 Å². The Morgan fingerprint density at radius 2 is 2.00 bits per heavy atom. The van der Waals surface area contributed by atoms with E-state index in [4.69, 9.17) is 0 Å². The molecule has 0 aliphatic carbocycles. The van der Waals surface area contributed by atoms with Gasteiger partial charge in [-0.1, -0.05) is 18.2 Å². The lowest BCUT2D eigenvalue weighted by Gasteiger charge is -2.26. The monoisotopic (exact) mass is 204 g/mol. The van der Waals surface area contributed by atoms with Gasteiger partial charge in [-0.25, -0.2) is 5.01 Å². The Hall–Kier alpha value is -1.35. The van der Waals surface area contributed by atoms with Gasteiger partial charge in [0.25, 0.3) is 0 Å². The number of benzene rings is 1. The van der Waals surface area contributed by atoms with Crippen LogP contribution in [0.25, 0.3) is 0 Å². The minimum Gasteiger partial charge on any atom is -0.308 e. The van der Waals surface area contributed by atoms with Crippen molar-refractivity contribution in [1.82, 2.24) is 5.01 Å². The van der Waals surface area contributed by atoms with Gasteiger partial charge < -0.3 is 5.01 Å². The third-order valence-corrected chi connectivity index (χ3v) is 3.05. The van der Waals surface area contributed by atoms with Crippen LogP contribution in [0.1, 0.15) is 24.9 Å². The fraction of sp³-hybridized carbons (Fsp3) is 0.417. The van der Waals surface area contributed by atoms with E-state index in [2.05, 4.69) is 22.2 Å². The van der Waals surface area contributed by atoms with Crippen LogP contribution in [0.2, 0.25) is 0 Å². The molecule has 0 bridgehead atoms. The maximum Gasteiger partial charge on any atom is 0.131 e. The van der Waals surface area contributed by atoms with Gasteiger partial charge in [-0.2, -0.15) is 0 Å².